The average molecular weight is 378 g/mol. The maximum atomic E-state index is 6.20. The monoisotopic (exact) mass is 377 g/mol. The van der Waals surface area contributed by atoms with Gasteiger partial charge in [-0.3, -0.25) is 0 Å². The first kappa shape index (κ1) is 17.1. The van der Waals surface area contributed by atoms with Crippen LogP contribution in [0.25, 0.3) is 11.5 Å². The van der Waals surface area contributed by atoms with Gasteiger partial charge in [0.05, 0.1) is 5.56 Å². The molecular formula is C21H16ClN3O2. The standard InChI is InChI=1S/C21H16ClN3O2/c22-18-12-6-4-8-15(18)14-26-19-13-7-5-11-17(19)20-24-25-21(27-20)23-16-9-2-1-3-10-16/h1-13H,14H2,(H,23,25). The Labute approximate surface area is 161 Å². The molecule has 4 aromatic rings. The molecule has 0 aliphatic heterocycles. The highest BCUT2D eigenvalue weighted by molar-refractivity contribution is 6.31. The third kappa shape index (κ3) is 4.10. The summed E-state index contributed by atoms with van der Waals surface area (Å²) in [5.41, 5.74) is 2.50. The molecule has 0 aliphatic carbocycles. The van der Waals surface area contributed by atoms with Crippen molar-refractivity contribution in [2.45, 2.75) is 6.61 Å². The Bertz CT molecular complexity index is 1030. The smallest absolute Gasteiger partial charge is 0.320 e. The van der Waals surface area contributed by atoms with E-state index < -0.39 is 0 Å². The van der Waals surface area contributed by atoms with Crippen LogP contribution in [0.1, 0.15) is 5.56 Å². The van der Waals surface area contributed by atoms with Crippen LogP contribution in [0.15, 0.2) is 83.3 Å². The number of aromatic nitrogens is 2. The third-order valence-electron chi connectivity index (χ3n) is 3.91. The summed E-state index contributed by atoms with van der Waals surface area (Å²) < 4.78 is 11.7. The zero-order chi connectivity index (χ0) is 18.5. The maximum absolute atomic E-state index is 6.20. The van der Waals surface area contributed by atoms with Crippen LogP contribution in [-0.4, -0.2) is 10.2 Å². The summed E-state index contributed by atoms with van der Waals surface area (Å²) in [4.78, 5) is 0. The van der Waals surface area contributed by atoms with E-state index in [2.05, 4.69) is 15.5 Å². The molecule has 3 aromatic carbocycles. The number of anilines is 2. The predicted molar refractivity (Wildman–Crippen MR) is 105 cm³/mol. The van der Waals surface area contributed by atoms with Crippen LogP contribution in [0.3, 0.4) is 0 Å². The molecule has 0 saturated heterocycles. The molecule has 4 rings (SSSR count). The molecule has 0 spiro atoms. The summed E-state index contributed by atoms with van der Waals surface area (Å²) in [6, 6.07) is 25.1. The molecule has 1 aromatic heterocycles. The van der Waals surface area contributed by atoms with Crippen molar-refractivity contribution in [1.82, 2.24) is 10.2 Å². The molecule has 1 N–H and O–H groups in total. The van der Waals surface area contributed by atoms with Gasteiger partial charge in [0.15, 0.2) is 0 Å². The fourth-order valence-electron chi connectivity index (χ4n) is 2.57. The van der Waals surface area contributed by atoms with E-state index in [1.807, 2.05) is 78.9 Å². The quantitative estimate of drug-likeness (QED) is 0.466. The Hall–Kier alpha value is -3.31. The van der Waals surface area contributed by atoms with Crippen LogP contribution in [0.2, 0.25) is 5.02 Å². The average Bonchev–Trinajstić information content (AvgIpc) is 3.17. The second kappa shape index (κ2) is 7.93. The lowest BCUT2D eigenvalue weighted by Gasteiger charge is -2.10. The van der Waals surface area contributed by atoms with Crippen LogP contribution in [0, 0.1) is 0 Å². The topological polar surface area (TPSA) is 60.2 Å². The summed E-state index contributed by atoms with van der Waals surface area (Å²) in [5, 5.41) is 11.9. The fraction of sp³-hybridized carbons (Fsp3) is 0.0476. The summed E-state index contributed by atoms with van der Waals surface area (Å²) in [5.74, 6) is 1.02. The molecule has 1 heterocycles. The number of nitrogens with one attached hydrogen (secondary N) is 1. The largest absolute Gasteiger partial charge is 0.488 e. The van der Waals surface area contributed by atoms with Crippen molar-refractivity contribution < 1.29 is 9.15 Å². The minimum absolute atomic E-state index is 0.317. The van der Waals surface area contributed by atoms with E-state index in [-0.39, 0.29) is 0 Å². The molecular weight excluding hydrogens is 362 g/mol. The zero-order valence-corrected chi connectivity index (χ0v) is 15.1. The summed E-state index contributed by atoms with van der Waals surface area (Å²) in [7, 11) is 0. The highest BCUT2D eigenvalue weighted by Gasteiger charge is 2.14. The molecule has 6 heteroatoms. The van der Waals surface area contributed by atoms with Crippen molar-refractivity contribution in [2.75, 3.05) is 5.32 Å². The fourth-order valence-corrected chi connectivity index (χ4v) is 2.76. The van der Waals surface area contributed by atoms with Crippen LogP contribution in [-0.2, 0) is 6.61 Å². The number of ether oxygens (including phenoxy) is 1. The maximum Gasteiger partial charge on any atom is 0.320 e. The second-order valence-electron chi connectivity index (χ2n) is 5.78. The van der Waals surface area contributed by atoms with Crippen molar-refractivity contribution in [2.24, 2.45) is 0 Å². The molecule has 27 heavy (non-hydrogen) atoms. The molecule has 0 saturated carbocycles. The van der Waals surface area contributed by atoms with Gasteiger partial charge >= 0.3 is 6.01 Å². The van der Waals surface area contributed by atoms with Gasteiger partial charge in [0.1, 0.15) is 12.4 Å². The van der Waals surface area contributed by atoms with Crippen molar-refractivity contribution in [1.29, 1.82) is 0 Å². The van der Waals surface area contributed by atoms with E-state index in [1.54, 1.807) is 0 Å². The lowest BCUT2D eigenvalue weighted by molar-refractivity contribution is 0.307. The first-order valence-electron chi connectivity index (χ1n) is 8.41. The van der Waals surface area contributed by atoms with Crippen LogP contribution < -0.4 is 10.1 Å². The van der Waals surface area contributed by atoms with Crippen molar-refractivity contribution in [3.05, 3.63) is 89.4 Å². The normalized spacial score (nSPS) is 10.6. The Morgan fingerprint density at radius 1 is 0.852 bits per heavy atom. The van der Waals surface area contributed by atoms with E-state index in [1.165, 1.54) is 0 Å². The molecule has 0 unspecified atom stereocenters. The summed E-state index contributed by atoms with van der Waals surface area (Å²) in [6.07, 6.45) is 0. The van der Waals surface area contributed by atoms with Gasteiger partial charge in [0.25, 0.3) is 5.89 Å². The molecule has 5 nitrogen and oxygen atoms in total. The molecule has 0 radical (unpaired) electrons. The van der Waals surface area contributed by atoms with Gasteiger partial charge in [-0.15, -0.1) is 5.10 Å². The molecule has 0 fully saturated rings. The minimum Gasteiger partial charge on any atom is -0.488 e. The van der Waals surface area contributed by atoms with E-state index in [4.69, 9.17) is 20.8 Å². The summed E-state index contributed by atoms with van der Waals surface area (Å²) >= 11 is 6.20. The Kier molecular flexibility index (Phi) is 5.03. The minimum atomic E-state index is 0.317. The van der Waals surface area contributed by atoms with Crippen LogP contribution >= 0.6 is 11.6 Å². The van der Waals surface area contributed by atoms with Gasteiger partial charge in [0.2, 0.25) is 0 Å². The van der Waals surface area contributed by atoms with Crippen molar-refractivity contribution in [3.8, 4) is 17.2 Å². The second-order valence-corrected chi connectivity index (χ2v) is 6.19. The van der Waals surface area contributed by atoms with E-state index in [0.29, 0.717) is 29.3 Å². The number of hydrogen-bond donors (Lipinski definition) is 1. The van der Waals surface area contributed by atoms with Crippen LogP contribution in [0.5, 0.6) is 5.75 Å². The number of halogens is 1. The molecule has 134 valence electrons. The van der Waals surface area contributed by atoms with Crippen molar-refractivity contribution in [3.63, 3.8) is 0 Å². The van der Waals surface area contributed by atoms with Gasteiger partial charge in [-0.25, -0.2) is 0 Å². The van der Waals surface area contributed by atoms with E-state index in [0.717, 1.165) is 16.8 Å². The lowest BCUT2D eigenvalue weighted by atomic mass is 10.2. The molecule has 0 aliphatic rings. The molecule has 0 atom stereocenters. The number of para-hydroxylation sites is 2. The van der Waals surface area contributed by atoms with Gasteiger partial charge in [-0.05, 0) is 30.3 Å². The van der Waals surface area contributed by atoms with E-state index >= 15 is 0 Å². The Morgan fingerprint density at radius 2 is 1.59 bits per heavy atom. The first-order chi connectivity index (χ1) is 13.3. The molecule has 0 amide bonds. The highest BCUT2D eigenvalue weighted by atomic mass is 35.5. The highest BCUT2D eigenvalue weighted by Crippen LogP contribution is 2.31. The third-order valence-corrected chi connectivity index (χ3v) is 4.28. The lowest BCUT2D eigenvalue weighted by Crippen LogP contribution is -1.97. The zero-order valence-electron chi connectivity index (χ0n) is 14.3. The first-order valence-corrected chi connectivity index (χ1v) is 8.78. The van der Waals surface area contributed by atoms with Gasteiger partial charge < -0.3 is 14.5 Å². The van der Waals surface area contributed by atoms with E-state index in [9.17, 15) is 0 Å². The molecule has 0 bridgehead atoms. The number of nitrogens with zero attached hydrogens (tertiary/aromatic N) is 2. The Morgan fingerprint density at radius 3 is 2.44 bits per heavy atom. The van der Waals surface area contributed by atoms with Gasteiger partial charge in [-0.1, -0.05) is 65.2 Å². The number of rotatable bonds is 6. The number of benzene rings is 3. The predicted octanol–water partition coefficient (Wildman–Crippen LogP) is 5.71. The SMILES string of the molecule is Clc1ccccc1COc1ccccc1-c1nnc(Nc2ccccc2)o1. The Balaban J connectivity index is 1.53. The van der Waals surface area contributed by atoms with Gasteiger partial charge in [-0.2, -0.15) is 0 Å². The van der Waals surface area contributed by atoms with Gasteiger partial charge in [0, 0.05) is 16.3 Å². The number of hydrogen-bond acceptors (Lipinski definition) is 5. The van der Waals surface area contributed by atoms with Crippen LogP contribution in [0.4, 0.5) is 11.7 Å². The summed E-state index contributed by atoms with van der Waals surface area (Å²) in [6.45, 7) is 0.347. The van der Waals surface area contributed by atoms with Crippen molar-refractivity contribution >= 4 is 23.3 Å².